The van der Waals surface area contributed by atoms with Gasteiger partial charge < -0.3 is 5.73 Å². The molecule has 1 heterocycles. The Balaban J connectivity index is 2.91. The molecule has 0 aliphatic rings. The van der Waals surface area contributed by atoms with Crippen LogP contribution in [0.15, 0.2) is 19.9 Å². The fraction of sp³-hybridized carbons (Fsp3) is 0.333. The number of halogens is 2. The highest BCUT2D eigenvalue weighted by Gasteiger charge is 2.03. The molecule has 72 valence electrons. The first-order valence-electron chi connectivity index (χ1n) is 3.89. The second-order valence-electron chi connectivity index (χ2n) is 2.95. The van der Waals surface area contributed by atoms with Crippen molar-refractivity contribution < 1.29 is 0 Å². The Hall–Kier alpha value is 0.360. The molecule has 1 rings (SSSR count). The fourth-order valence-corrected chi connectivity index (χ4v) is 2.89. The molecule has 0 spiro atoms. The molecule has 13 heavy (non-hydrogen) atoms. The molecular weight excluding hydrogens is 314 g/mol. The van der Waals surface area contributed by atoms with E-state index in [1.165, 1.54) is 10.5 Å². The van der Waals surface area contributed by atoms with Gasteiger partial charge in [0.2, 0.25) is 0 Å². The van der Waals surface area contributed by atoms with E-state index in [9.17, 15) is 0 Å². The maximum atomic E-state index is 5.74. The third kappa shape index (κ3) is 3.20. The van der Waals surface area contributed by atoms with E-state index in [1.54, 1.807) is 11.3 Å². The predicted octanol–water partition coefficient (Wildman–Crippen LogP) is 4.02. The summed E-state index contributed by atoms with van der Waals surface area (Å²) in [7, 11) is 0. The molecule has 4 heteroatoms. The topological polar surface area (TPSA) is 26.0 Å². The van der Waals surface area contributed by atoms with E-state index in [4.69, 9.17) is 5.73 Å². The van der Waals surface area contributed by atoms with Gasteiger partial charge in [-0.15, -0.1) is 11.3 Å². The molecule has 0 aliphatic carbocycles. The summed E-state index contributed by atoms with van der Waals surface area (Å²) in [5.74, 6) is 0. The Morgan fingerprint density at radius 2 is 2.23 bits per heavy atom. The van der Waals surface area contributed by atoms with Gasteiger partial charge in [-0.05, 0) is 57.8 Å². The lowest BCUT2D eigenvalue weighted by Crippen LogP contribution is -2.15. The lowest BCUT2D eigenvalue weighted by atomic mass is 10.1. The number of hydrogen-bond donors (Lipinski definition) is 1. The van der Waals surface area contributed by atoms with Crippen molar-refractivity contribution in [2.24, 2.45) is 5.73 Å². The molecule has 0 amide bonds. The standard InChI is InChI=1S/C9H11Br2NS/c1-5(6(2)12)3-7-4-8(10)9(11)13-7/h3-4,6H,12H2,1-2H3. The minimum Gasteiger partial charge on any atom is -0.324 e. The summed E-state index contributed by atoms with van der Waals surface area (Å²) in [4.78, 5) is 1.22. The molecule has 0 saturated heterocycles. The van der Waals surface area contributed by atoms with Crippen LogP contribution in [0.25, 0.3) is 6.08 Å². The third-order valence-corrected chi connectivity index (χ3v) is 4.96. The molecule has 0 fully saturated rings. The van der Waals surface area contributed by atoms with E-state index in [0.717, 1.165) is 8.26 Å². The summed E-state index contributed by atoms with van der Waals surface area (Å²) in [6.45, 7) is 4.04. The highest BCUT2D eigenvalue weighted by Crippen LogP contribution is 2.33. The van der Waals surface area contributed by atoms with Gasteiger partial charge in [0.15, 0.2) is 0 Å². The third-order valence-electron chi connectivity index (χ3n) is 1.75. The molecule has 2 N–H and O–H groups in total. The van der Waals surface area contributed by atoms with Crippen molar-refractivity contribution in [2.45, 2.75) is 19.9 Å². The van der Waals surface area contributed by atoms with Gasteiger partial charge in [0.25, 0.3) is 0 Å². The second-order valence-corrected chi connectivity index (χ2v) is 6.20. The van der Waals surface area contributed by atoms with Gasteiger partial charge in [0.05, 0.1) is 3.79 Å². The van der Waals surface area contributed by atoms with Crippen LogP contribution in [0.1, 0.15) is 18.7 Å². The Morgan fingerprint density at radius 3 is 2.62 bits per heavy atom. The zero-order chi connectivity index (χ0) is 10.0. The zero-order valence-corrected chi connectivity index (χ0v) is 11.5. The van der Waals surface area contributed by atoms with Crippen molar-refractivity contribution in [2.75, 3.05) is 0 Å². The SMILES string of the molecule is CC(=Cc1cc(Br)c(Br)s1)C(C)N. The van der Waals surface area contributed by atoms with Crippen LogP contribution in [0.3, 0.4) is 0 Å². The summed E-state index contributed by atoms with van der Waals surface area (Å²) in [5, 5.41) is 0. The molecule has 1 aromatic heterocycles. The van der Waals surface area contributed by atoms with Crippen LogP contribution in [0.5, 0.6) is 0 Å². The normalized spacial score (nSPS) is 14.7. The van der Waals surface area contributed by atoms with E-state index in [1.807, 2.05) is 13.8 Å². The maximum Gasteiger partial charge on any atom is 0.0846 e. The maximum absolute atomic E-state index is 5.74. The van der Waals surface area contributed by atoms with Crippen LogP contribution in [0.4, 0.5) is 0 Å². The number of nitrogens with two attached hydrogens (primary N) is 1. The van der Waals surface area contributed by atoms with E-state index in [2.05, 4.69) is 44.0 Å². The summed E-state index contributed by atoms with van der Waals surface area (Å²) >= 11 is 8.60. The smallest absolute Gasteiger partial charge is 0.0846 e. The molecule has 0 saturated carbocycles. The summed E-state index contributed by atoms with van der Waals surface area (Å²) < 4.78 is 2.22. The first-order chi connectivity index (χ1) is 6.00. The van der Waals surface area contributed by atoms with Crippen molar-refractivity contribution in [1.29, 1.82) is 0 Å². The Bertz CT molecular complexity index is 309. The number of hydrogen-bond acceptors (Lipinski definition) is 2. The Labute approximate surface area is 99.3 Å². The molecule has 1 nitrogen and oxygen atoms in total. The average molecular weight is 325 g/mol. The van der Waals surface area contributed by atoms with Gasteiger partial charge in [-0.2, -0.15) is 0 Å². The largest absolute Gasteiger partial charge is 0.324 e. The van der Waals surface area contributed by atoms with Crippen molar-refractivity contribution >= 4 is 49.3 Å². The molecular formula is C9H11Br2NS. The first kappa shape index (κ1) is 11.4. The van der Waals surface area contributed by atoms with Gasteiger partial charge in [-0.25, -0.2) is 0 Å². The van der Waals surface area contributed by atoms with Crippen molar-refractivity contribution in [1.82, 2.24) is 0 Å². The van der Waals surface area contributed by atoms with E-state index >= 15 is 0 Å². The lowest BCUT2D eigenvalue weighted by molar-refractivity contribution is 0.868. The molecule has 0 aromatic carbocycles. The molecule has 0 aliphatic heterocycles. The van der Waals surface area contributed by atoms with E-state index < -0.39 is 0 Å². The van der Waals surface area contributed by atoms with Gasteiger partial charge in [-0.1, -0.05) is 5.57 Å². The van der Waals surface area contributed by atoms with E-state index in [0.29, 0.717) is 0 Å². The highest BCUT2D eigenvalue weighted by atomic mass is 79.9. The molecule has 0 radical (unpaired) electrons. The van der Waals surface area contributed by atoms with Crippen LogP contribution in [0, 0.1) is 0 Å². The van der Waals surface area contributed by atoms with Gasteiger partial charge in [-0.3, -0.25) is 0 Å². The summed E-state index contributed by atoms with van der Waals surface area (Å²) in [6.07, 6.45) is 2.12. The monoisotopic (exact) mass is 323 g/mol. The number of thiophene rings is 1. The van der Waals surface area contributed by atoms with Gasteiger partial charge >= 0.3 is 0 Å². The van der Waals surface area contributed by atoms with Crippen molar-refractivity contribution in [3.05, 3.63) is 24.8 Å². The number of rotatable bonds is 2. The Kier molecular flexibility index (Phi) is 4.16. The van der Waals surface area contributed by atoms with Gasteiger partial charge in [0, 0.05) is 15.4 Å². The van der Waals surface area contributed by atoms with Crippen LogP contribution in [-0.2, 0) is 0 Å². The zero-order valence-electron chi connectivity index (χ0n) is 7.47. The van der Waals surface area contributed by atoms with Gasteiger partial charge in [0.1, 0.15) is 0 Å². The van der Waals surface area contributed by atoms with E-state index in [-0.39, 0.29) is 6.04 Å². The fourth-order valence-electron chi connectivity index (χ4n) is 0.790. The molecule has 1 unspecified atom stereocenters. The summed E-state index contributed by atoms with van der Waals surface area (Å²) in [5.41, 5.74) is 6.94. The minimum atomic E-state index is 0.125. The minimum absolute atomic E-state index is 0.125. The molecule has 1 aromatic rings. The second kappa shape index (κ2) is 4.73. The quantitative estimate of drug-likeness (QED) is 0.873. The van der Waals surface area contributed by atoms with Crippen molar-refractivity contribution in [3.8, 4) is 0 Å². The van der Waals surface area contributed by atoms with Crippen LogP contribution in [0.2, 0.25) is 0 Å². The highest BCUT2D eigenvalue weighted by molar-refractivity contribution is 9.13. The van der Waals surface area contributed by atoms with Crippen LogP contribution < -0.4 is 5.73 Å². The van der Waals surface area contributed by atoms with Crippen LogP contribution in [-0.4, -0.2) is 6.04 Å². The average Bonchev–Trinajstić information content (AvgIpc) is 2.31. The first-order valence-corrected chi connectivity index (χ1v) is 6.29. The Morgan fingerprint density at radius 1 is 1.62 bits per heavy atom. The summed E-state index contributed by atoms with van der Waals surface area (Å²) in [6, 6.07) is 2.21. The lowest BCUT2D eigenvalue weighted by Gasteiger charge is -2.03. The van der Waals surface area contributed by atoms with Crippen molar-refractivity contribution in [3.63, 3.8) is 0 Å². The molecule has 1 atom stereocenters. The molecule has 0 bridgehead atoms. The van der Waals surface area contributed by atoms with Crippen LogP contribution >= 0.6 is 43.2 Å². The predicted molar refractivity (Wildman–Crippen MR) is 67.0 cm³/mol.